The Labute approximate surface area is 170 Å². The standard InChI is InChI=1S/C23H25N3O3/c1-28-19-8-10-21-18(13-19)7-9-22(25-21)23(27)24-14-20-16-26(11-12-29-20)15-17-5-3-2-4-6-17/h2-10,13,20H,11-12,14-16H2,1H3,(H,24,27). The van der Waals surface area contributed by atoms with Gasteiger partial charge < -0.3 is 14.8 Å². The van der Waals surface area contributed by atoms with E-state index in [9.17, 15) is 4.79 Å². The van der Waals surface area contributed by atoms with Crippen LogP contribution in [0.25, 0.3) is 10.9 Å². The molecule has 6 heteroatoms. The minimum absolute atomic E-state index is 0.0267. The van der Waals surface area contributed by atoms with Crippen LogP contribution in [0.2, 0.25) is 0 Å². The summed E-state index contributed by atoms with van der Waals surface area (Å²) in [5, 5.41) is 3.90. The number of carbonyl (C=O) groups is 1. The number of ether oxygens (including phenoxy) is 2. The van der Waals surface area contributed by atoms with Gasteiger partial charge >= 0.3 is 0 Å². The van der Waals surface area contributed by atoms with Crippen molar-refractivity contribution in [2.75, 3.05) is 33.4 Å². The van der Waals surface area contributed by atoms with Gasteiger partial charge in [0.1, 0.15) is 11.4 Å². The van der Waals surface area contributed by atoms with E-state index in [1.54, 1.807) is 13.2 Å². The molecule has 4 rings (SSSR count). The van der Waals surface area contributed by atoms with Crippen LogP contribution in [0.1, 0.15) is 16.1 Å². The Bertz CT molecular complexity index is 978. The highest BCUT2D eigenvalue weighted by Gasteiger charge is 2.21. The van der Waals surface area contributed by atoms with Crippen molar-refractivity contribution in [1.29, 1.82) is 0 Å². The van der Waals surface area contributed by atoms with Gasteiger partial charge in [0.25, 0.3) is 5.91 Å². The molecule has 0 bridgehead atoms. The highest BCUT2D eigenvalue weighted by Crippen LogP contribution is 2.19. The van der Waals surface area contributed by atoms with Crippen LogP contribution < -0.4 is 10.1 Å². The summed E-state index contributed by atoms with van der Waals surface area (Å²) in [6.07, 6.45) is -0.0267. The van der Waals surface area contributed by atoms with Crippen molar-refractivity contribution >= 4 is 16.8 Å². The fourth-order valence-electron chi connectivity index (χ4n) is 3.54. The molecule has 0 aliphatic carbocycles. The number of morpholine rings is 1. The molecule has 29 heavy (non-hydrogen) atoms. The Morgan fingerprint density at radius 3 is 2.90 bits per heavy atom. The molecule has 2 aromatic carbocycles. The zero-order valence-electron chi connectivity index (χ0n) is 16.5. The average Bonchev–Trinajstić information content (AvgIpc) is 2.77. The summed E-state index contributed by atoms with van der Waals surface area (Å²) >= 11 is 0. The third-order valence-corrected chi connectivity index (χ3v) is 5.09. The number of fused-ring (bicyclic) bond motifs is 1. The van der Waals surface area contributed by atoms with Gasteiger partial charge in [-0.25, -0.2) is 4.98 Å². The van der Waals surface area contributed by atoms with Crippen LogP contribution in [0.4, 0.5) is 0 Å². The maximum absolute atomic E-state index is 12.6. The maximum Gasteiger partial charge on any atom is 0.269 e. The van der Waals surface area contributed by atoms with E-state index in [0.717, 1.165) is 36.3 Å². The second kappa shape index (κ2) is 9.03. The molecule has 0 radical (unpaired) electrons. The third kappa shape index (κ3) is 4.91. The lowest BCUT2D eigenvalue weighted by Crippen LogP contribution is -2.47. The van der Waals surface area contributed by atoms with Crippen LogP contribution in [0.15, 0.2) is 60.7 Å². The Morgan fingerprint density at radius 2 is 2.07 bits per heavy atom. The number of nitrogens with one attached hydrogen (secondary N) is 1. The number of benzene rings is 2. The number of hydrogen-bond acceptors (Lipinski definition) is 5. The van der Waals surface area contributed by atoms with Crippen molar-refractivity contribution in [3.05, 3.63) is 71.9 Å². The number of carbonyl (C=O) groups excluding carboxylic acids is 1. The minimum atomic E-state index is -0.188. The van der Waals surface area contributed by atoms with Crippen molar-refractivity contribution in [2.45, 2.75) is 12.6 Å². The molecule has 2 heterocycles. The summed E-state index contributed by atoms with van der Waals surface area (Å²) in [5.74, 6) is 0.581. The first-order valence-electron chi connectivity index (χ1n) is 9.82. The van der Waals surface area contributed by atoms with Gasteiger partial charge in [-0.05, 0) is 29.8 Å². The molecule has 0 saturated carbocycles. The van der Waals surface area contributed by atoms with Gasteiger partial charge in [0.05, 0.1) is 25.3 Å². The van der Waals surface area contributed by atoms with Crippen LogP contribution in [0, 0.1) is 0 Å². The maximum atomic E-state index is 12.6. The highest BCUT2D eigenvalue weighted by atomic mass is 16.5. The summed E-state index contributed by atoms with van der Waals surface area (Å²) in [5.41, 5.74) is 2.45. The number of aromatic nitrogens is 1. The number of rotatable bonds is 6. The molecule has 1 aromatic heterocycles. The van der Waals surface area contributed by atoms with Crippen LogP contribution in [0.5, 0.6) is 5.75 Å². The number of methoxy groups -OCH3 is 1. The molecule has 1 N–H and O–H groups in total. The van der Waals surface area contributed by atoms with E-state index in [2.05, 4.69) is 39.5 Å². The van der Waals surface area contributed by atoms with Crippen molar-refractivity contribution < 1.29 is 14.3 Å². The van der Waals surface area contributed by atoms with Crippen LogP contribution in [-0.4, -0.2) is 55.2 Å². The molecule has 1 aliphatic heterocycles. The monoisotopic (exact) mass is 391 g/mol. The molecular weight excluding hydrogens is 366 g/mol. The summed E-state index contributed by atoms with van der Waals surface area (Å²) < 4.78 is 11.1. The first-order valence-corrected chi connectivity index (χ1v) is 9.82. The number of amides is 1. The second-order valence-corrected chi connectivity index (χ2v) is 7.18. The van der Waals surface area contributed by atoms with E-state index in [1.165, 1.54) is 5.56 Å². The molecule has 1 fully saturated rings. The lowest BCUT2D eigenvalue weighted by Gasteiger charge is -2.33. The van der Waals surface area contributed by atoms with E-state index in [1.807, 2.05) is 30.3 Å². The molecule has 3 aromatic rings. The van der Waals surface area contributed by atoms with Gasteiger partial charge in [0.2, 0.25) is 0 Å². The quantitative estimate of drug-likeness (QED) is 0.700. The van der Waals surface area contributed by atoms with Gasteiger partial charge in [-0.15, -0.1) is 0 Å². The lowest BCUT2D eigenvalue weighted by molar-refractivity contribution is -0.0292. The number of pyridine rings is 1. The summed E-state index contributed by atoms with van der Waals surface area (Å²) in [4.78, 5) is 19.4. The second-order valence-electron chi connectivity index (χ2n) is 7.18. The molecular formula is C23H25N3O3. The molecule has 1 saturated heterocycles. The van der Waals surface area contributed by atoms with Gasteiger partial charge in [-0.2, -0.15) is 0 Å². The Morgan fingerprint density at radius 1 is 1.21 bits per heavy atom. The molecule has 1 atom stereocenters. The number of nitrogens with zero attached hydrogens (tertiary/aromatic N) is 2. The first-order chi connectivity index (χ1) is 14.2. The van der Waals surface area contributed by atoms with Gasteiger partial charge in [0, 0.05) is 31.6 Å². The molecule has 6 nitrogen and oxygen atoms in total. The van der Waals surface area contributed by atoms with E-state index in [0.29, 0.717) is 18.8 Å². The van der Waals surface area contributed by atoms with Gasteiger partial charge in [-0.3, -0.25) is 9.69 Å². The van der Waals surface area contributed by atoms with E-state index in [-0.39, 0.29) is 12.0 Å². The largest absolute Gasteiger partial charge is 0.497 e. The van der Waals surface area contributed by atoms with E-state index >= 15 is 0 Å². The van der Waals surface area contributed by atoms with Crippen LogP contribution in [0.3, 0.4) is 0 Å². The normalized spacial score (nSPS) is 17.2. The van der Waals surface area contributed by atoms with Gasteiger partial charge in [-0.1, -0.05) is 36.4 Å². The van der Waals surface area contributed by atoms with E-state index in [4.69, 9.17) is 9.47 Å². The van der Waals surface area contributed by atoms with Crippen molar-refractivity contribution in [1.82, 2.24) is 15.2 Å². The van der Waals surface area contributed by atoms with Crippen molar-refractivity contribution in [3.8, 4) is 5.75 Å². The molecule has 1 unspecified atom stereocenters. The zero-order valence-corrected chi connectivity index (χ0v) is 16.5. The van der Waals surface area contributed by atoms with E-state index < -0.39 is 0 Å². The summed E-state index contributed by atoms with van der Waals surface area (Å²) in [7, 11) is 1.63. The molecule has 1 amide bonds. The average molecular weight is 391 g/mol. The zero-order chi connectivity index (χ0) is 20.1. The molecule has 1 aliphatic rings. The number of hydrogen-bond donors (Lipinski definition) is 1. The minimum Gasteiger partial charge on any atom is -0.497 e. The fourth-order valence-corrected chi connectivity index (χ4v) is 3.54. The molecule has 150 valence electrons. The van der Waals surface area contributed by atoms with Crippen molar-refractivity contribution in [2.24, 2.45) is 0 Å². The predicted molar refractivity (Wildman–Crippen MR) is 112 cm³/mol. The Balaban J connectivity index is 1.33. The predicted octanol–water partition coefficient (Wildman–Crippen LogP) is 2.87. The molecule has 0 spiro atoms. The van der Waals surface area contributed by atoms with Gasteiger partial charge in [0.15, 0.2) is 0 Å². The van der Waals surface area contributed by atoms with Crippen LogP contribution >= 0.6 is 0 Å². The van der Waals surface area contributed by atoms with Crippen molar-refractivity contribution in [3.63, 3.8) is 0 Å². The lowest BCUT2D eigenvalue weighted by atomic mass is 10.2. The Kier molecular flexibility index (Phi) is 6.03. The third-order valence-electron chi connectivity index (χ3n) is 5.09. The Hall–Kier alpha value is -2.96. The fraction of sp³-hybridized carbons (Fsp3) is 0.304. The summed E-state index contributed by atoms with van der Waals surface area (Å²) in [6, 6.07) is 19.6. The van der Waals surface area contributed by atoms with Crippen LogP contribution in [-0.2, 0) is 11.3 Å². The highest BCUT2D eigenvalue weighted by molar-refractivity contribution is 5.95. The topological polar surface area (TPSA) is 63.7 Å². The smallest absolute Gasteiger partial charge is 0.269 e. The first kappa shape index (κ1) is 19.4. The SMILES string of the molecule is COc1ccc2nc(C(=O)NCC3CN(Cc4ccccc4)CCO3)ccc2c1. The summed E-state index contributed by atoms with van der Waals surface area (Å²) in [6.45, 7) is 3.72.